The van der Waals surface area contributed by atoms with Crippen LogP contribution < -0.4 is 0 Å². The minimum atomic E-state index is 0.491. The SMILES string of the molecule is Cc1cccn2cc(Cn3nnc(-c4ccc(Br)cc4)n3)nc12. The van der Waals surface area contributed by atoms with Gasteiger partial charge >= 0.3 is 0 Å². The summed E-state index contributed by atoms with van der Waals surface area (Å²) in [7, 11) is 0. The van der Waals surface area contributed by atoms with Crippen LogP contribution in [0.2, 0.25) is 0 Å². The van der Waals surface area contributed by atoms with Crippen LogP contribution in [0.15, 0.2) is 53.3 Å². The lowest BCUT2D eigenvalue weighted by molar-refractivity contribution is 0.566. The number of nitrogens with zero attached hydrogens (tertiary/aromatic N) is 6. The van der Waals surface area contributed by atoms with Gasteiger partial charge in [-0.1, -0.05) is 22.0 Å². The van der Waals surface area contributed by atoms with Crippen LogP contribution in [-0.4, -0.2) is 29.6 Å². The number of hydrogen-bond acceptors (Lipinski definition) is 4. The molecule has 0 atom stereocenters. The van der Waals surface area contributed by atoms with Crippen molar-refractivity contribution in [2.45, 2.75) is 13.5 Å². The summed E-state index contributed by atoms with van der Waals surface area (Å²) in [5.74, 6) is 0.609. The largest absolute Gasteiger partial charge is 0.307 e. The van der Waals surface area contributed by atoms with Gasteiger partial charge in [0.1, 0.15) is 12.2 Å². The van der Waals surface area contributed by atoms with Gasteiger partial charge in [0.2, 0.25) is 5.82 Å². The standard InChI is InChI=1S/C16H13BrN6/c1-11-3-2-8-22-9-14(18-16(11)22)10-23-20-15(19-21-23)12-4-6-13(17)7-5-12/h2-9H,10H2,1H3. The molecule has 4 aromatic rings. The zero-order valence-corrected chi connectivity index (χ0v) is 14.0. The van der Waals surface area contributed by atoms with Gasteiger partial charge in [-0.05, 0) is 48.0 Å². The number of pyridine rings is 1. The number of rotatable bonds is 3. The number of aromatic nitrogens is 6. The van der Waals surface area contributed by atoms with E-state index in [-0.39, 0.29) is 0 Å². The van der Waals surface area contributed by atoms with Crippen LogP contribution in [0.4, 0.5) is 0 Å². The Morgan fingerprint density at radius 2 is 1.96 bits per heavy atom. The Balaban J connectivity index is 1.61. The third kappa shape index (κ3) is 2.75. The molecule has 23 heavy (non-hydrogen) atoms. The third-order valence-electron chi connectivity index (χ3n) is 3.59. The van der Waals surface area contributed by atoms with Crippen molar-refractivity contribution in [1.29, 1.82) is 0 Å². The molecule has 0 spiro atoms. The highest BCUT2D eigenvalue weighted by Gasteiger charge is 2.09. The Kier molecular flexibility index (Phi) is 3.42. The second-order valence-electron chi connectivity index (χ2n) is 5.30. The molecule has 7 heteroatoms. The molecule has 0 fully saturated rings. The van der Waals surface area contributed by atoms with Gasteiger partial charge in [0.15, 0.2) is 0 Å². The predicted octanol–water partition coefficient (Wildman–Crippen LogP) is 3.11. The van der Waals surface area contributed by atoms with E-state index in [1.807, 2.05) is 60.1 Å². The van der Waals surface area contributed by atoms with Gasteiger partial charge < -0.3 is 4.40 Å². The summed E-state index contributed by atoms with van der Waals surface area (Å²) in [6, 6.07) is 11.9. The molecule has 4 rings (SSSR count). The van der Waals surface area contributed by atoms with Crippen LogP contribution in [0.5, 0.6) is 0 Å². The maximum atomic E-state index is 4.63. The van der Waals surface area contributed by atoms with Crippen LogP contribution in [0.1, 0.15) is 11.3 Å². The molecule has 0 amide bonds. The molecular formula is C16H13BrN6. The maximum Gasteiger partial charge on any atom is 0.204 e. The van der Waals surface area contributed by atoms with Gasteiger partial charge in [-0.2, -0.15) is 4.80 Å². The average molecular weight is 369 g/mol. The van der Waals surface area contributed by atoms with Crippen molar-refractivity contribution in [3.05, 3.63) is 64.5 Å². The first kappa shape index (κ1) is 14.1. The summed E-state index contributed by atoms with van der Waals surface area (Å²) in [4.78, 5) is 6.19. The molecule has 0 aliphatic rings. The summed E-state index contributed by atoms with van der Waals surface area (Å²) >= 11 is 3.42. The van der Waals surface area contributed by atoms with Gasteiger partial charge in [0, 0.05) is 22.4 Å². The predicted molar refractivity (Wildman–Crippen MR) is 90.0 cm³/mol. The third-order valence-corrected chi connectivity index (χ3v) is 4.12. The molecule has 0 unspecified atom stereocenters. The van der Waals surface area contributed by atoms with Crippen molar-refractivity contribution in [2.75, 3.05) is 0 Å². The molecule has 1 aromatic carbocycles. The van der Waals surface area contributed by atoms with Gasteiger partial charge in [0.25, 0.3) is 0 Å². The number of fused-ring (bicyclic) bond motifs is 1. The fourth-order valence-electron chi connectivity index (χ4n) is 2.45. The quantitative estimate of drug-likeness (QED) is 0.557. The Labute approximate surface area is 140 Å². The highest BCUT2D eigenvalue weighted by atomic mass is 79.9. The van der Waals surface area contributed by atoms with E-state index in [0.29, 0.717) is 12.4 Å². The van der Waals surface area contributed by atoms with Crippen LogP contribution in [0.25, 0.3) is 17.0 Å². The number of halogens is 1. The molecule has 0 radical (unpaired) electrons. The number of tetrazole rings is 1. The number of benzene rings is 1. The lowest BCUT2D eigenvalue weighted by Gasteiger charge is -1.95. The van der Waals surface area contributed by atoms with Crippen molar-refractivity contribution in [2.24, 2.45) is 0 Å². The molecule has 0 saturated heterocycles. The minimum Gasteiger partial charge on any atom is -0.307 e. The molecule has 3 aromatic heterocycles. The fraction of sp³-hybridized carbons (Fsp3) is 0.125. The van der Waals surface area contributed by atoms with Crippen molar-refractivity contribution < 1.29 is 0 Å². The Bertz CT molecular complexity index is 970. The summed E-state index contributed by atoms with van der Waals surface area (Å²) in [5, 5.41) is 12.7. The first-order valence-electron chi connectivity index (χ1n) is 7.16. The Hall–Kier alpha value is -2.54. The summed E-state index contributed by atoms with van der Waals surface area (Å²) in [6.45, 7) is 2.54. The van der Waals surface area contributed by atoms with E-state index in [1.54, 1.807) is 4.80 Å². The molecule has 3 heterocycles. The minimum absolute atomic E-state index is 0.491. The van der Waals surface area contributed by atoms with Crippen LogP contribution in [-0.2, 0) is 6.54 Å². The Morgan fingerprint density at radius 3 is 2.74 bits per heavy atom. The monoisotopic (exact) mass is 368 g/mol. The topological polar surface area (TPSA) is 60.9 Å². The van der Waals surface area contributed by atoms with E-state index in [9.17, 15) is 0 Å². The molecule has 0 saturated carbocycles. The van der Waals surface area contributed by atoms with Gasteiger partial charge in [-0.3, -0.25) is 0 Å². The van der Waals surface area contributed by atoms with E-state index in [0.717, 1.165) is 26.9 Å². The zero-order valence-electron chi connectivity index (χ0n) is 12.4. The zero-order chi connectivity index (χ0) is 15.8. The molecular weight excluding hydrogens is 356 g/mol. The highest BCUT2D eigenvalue weighted by Crippen LogP contribution is 2.17. The van der Waals surface area contributed by atoms with E-state index in [2.05, 4.69) is 36.3 Å². The number of aryl methyl sites for hydroxylation is 1. The molecule has 0 aliphatic heterocycles. The van der Waals surface area contributed by atoms with Gasteiger partial charge in [0.05, 0.1) is 5.69 Å². The van der Waals surface area contributed by atoms with E-state index < -0.39 is 0 Å². The smallest absolute Gasteiger partial charge is 0.204 e. The number of imidazole rings is 1. The van der Waals surface area contributed by atoms with E-state index in [4.69, 9.17) is 0 Å². The molecule has 114 valence electrons. The molecule has 0 aliphatic carbocycles. The first-order chi connectivity index (χ1) is 11.2. The normalized spacial score (nSPS) is 11.2. The average Bonchev–Trinajstić information content (AvgIpc) is 3.16. The van der Waals surface area contributed by atoms with Gasteiger partial charge in [-0.25, -0.2) is 4.98 Å². The second-order valence-corrected chi connectivity index (χ2v) is 6.22. The molecule has 0 N–H and O–H groups in total. The Morgan fingerprint density at radius 1 is 1.13 bits per heavy atom. The van der Waals surface area contributed by atoms with Crippen LogP contribution in [0, 0.1) is 6.92 Å². The van der Waals surface area contributed by atoms with E-state index in [1.165, 1.54) is 0 Å². The molecule has 6 nitrogen and oxygen atoms in total. The summed E-state index contributed by atoms with van der Waals surface area (Å²) in [6.07, 6.45) is 3.98. The van der Waals surface area contributed by atoms with Crippen molar-refractivity contribution in [3.8, 4) is 11.4 Å². The first-order valence-corrected chi connectivity index (χ1v) is 7.95. The van der Waals surface area contributed by atoms with Crippen molar-refractivity contribution in [3.63, 3.8) is 0 Å². The lowest BCUT2D eigenvalue weighted by Crippen LogP contribution is -2.04. The maximum absolute atomic E-state index is 4.63. The second kappa shape index (κ2) is 5.58. The number of hydrogen-bond donors (Lipinski definition) is 0. The van der Waals surface area contributed by atoms with Crippen molar-refractivity contribution in [1.82, 2.24) is 29.6 Å². The lowest BCUT2D eigenvalue weighted by atomic mass is 10.2. The highest BCUT2D eigenvalue weighted by molar-refractivity contribution is 9.10. The van der Waals surface area contributed by atoms with E-state index >= 15 is 0 Å². The molecule has 0 bridgehead atoms. The van der Waals surface area contributed by atoms with Gasteiger partial charge in [-0.15, -0.1) is 10.2 Å². The van der Waals surface area contributed by atoms with Crippen LogP contribution in [0.3, 0.4) is 0 Å². The summed E-state index contributed by atoms with van der Waals surface area (Å²) in [5.41, 5.74) is 3.93. The summed E-state index contributed by atoms with van der Waals surface area (Å²) < 4.78 is 3.03. The fourth-order valence-corrected chi connectivity index (χ4v) is 2.71. The van der Waals surface area contributed by atoms with Crippen LogP contribution >= 0.6 is 15.9 Å². The van der Waals surface area contributed by atoms with Crippen molar-refractivity contribution >= 4 is 21.6 Å².